The van der Waals surface area contributed by atoms with Crippen molar-refractivity contribution in [2.75, 3.05) is 26.3 Å². The van der Waals surface area contributed by atoms with Crippen LogP contribution in [0.25, 0.3) is 0 Å². The molecule has 0 aliphatic carbocycles. The summed E-state index contributed by atoms with van der Waals surface area (Å²) in [5, 5.41) is 0. The average molecular weight is 275 g/mol. The molecule has 1 amide bonds. The lowest BCUT2D eigenvalue weighted by molar-refractivity contribution is 0.0697. The minimum atomic E-state index is 0.104. The number of nitrogens with zero attached hydrogens (tertiary/aromatic N) is 1. The monoisotopic (exact) mass is 275 g/mol. The highest BCUT2D eigenvalue weighted by Gasteiger charge is 2.22. The number of ether oxygens (including phenoxy) is 2. The van der Waals surface area contributed by atoms with Crippen molar-refractivity contribution >= 4 is 5.91 Å². The van der Waals surface area contributed by atoms with Crippen molar-refractivity contribution in [1.29, 1.82) is 0 Å². The predicted octanol–water partition coefficient (Wildman–Crippen LogP) is 2.72. The Morgan fingerprint density at radius 3 is 2.60 bits per heavy atom. The Bertz CT molecular complexity index is 492. The van der Waals surface area contributed by atoms with Crippen molar-refractivity contribution in [3.63, 3.8) is 0 Å². The van der Waals surface area contributed by atoms with Gasteiger partial charge in [0.15, 0.2) is 11.5 Å². The van der Waals surface area contributed by atoms with E-state index in [-0.39, 0.29) is 5.91 Å². The molecule has 2 aliphatic rings. The molecular formula is C16H21NO3. The van der Waals surface area contributed by atoms with Gasteiger partial charge in [-0.1, -0.05) is 6.92 Å². The number of likely N-dealkylation sites (tertiary alicyclic amines) is 1. The largest absolute Gasteiger partial charge is 0.490 e. The van der Waals surface area contributed by atoms with Crippen LogP contribution in [0.4, 0.5) is 0 Å². The molecule has 4 nitrogen and oxygen atoms in total. The van der Waals surface area contributed by atoms with Gasteiger partial charge in [0.05, 0.1) is 13.2 Å². The highest BCUT2D eigenvalue weighted by molar-refractivity contribution is 5.95. The van der Waals surface area contributed by atoms with E-state index < -0.39 is 0 Å². The first kappa shape index (κ1) is 13.3. The highest BCUT2D eigenvalue weighted by atomic mass is 16.5. The molecule has 0 radical (unpaired) electrons. The molecule has 3 rings (SSSR count). The standard InChI is InChI=1S/C16H21NO3/c1-12-5-7-17(8-6-12)16(18)13-3-4-14-15(11-13)20-10-2-9-19-14/h3-4,11-12H,2,5-10H2,1H3. The quantitative estimate of drug-likeness (QED) is 0.791. The molecule has 0 bridgehead atoms. The Morgan fingerprint density at radius 1 is 1.15 bits per heavy atom. The van der Waals surface area contributed by atoms with Gasteiger partial charge in [-0.2, -0.15) is 0 Å². The van der Waals surface area contributed by atoms with Gasteiger partial charge in [-0.15, -0.1) is 0 Å². The van der Waals surface area contributed by atoms with Gasteiger partial charge >= 0.3 is 0 Å². The lowest BCUT2D eigenvalue weighted by Gasteiger charge is -2.30. The van der Waals surface area contributed by atoms with Crippen molar-refractivity contribution in [3.8, 4) is 11.5 Å². The third kappa shape index (κ3) is 2.74. The fourth-order valence-corrected chi connectivity index (χ4v) is 2.69. The lowest BCUT2D eigenvalue weighted by atomic mass is 9.98. The maximum Gasteiger partial charge on any atom is 0.253 e. The van der Waals surface area contributed by atoms with Crippen molar-refractivity contribution in [3.05, 3.63) is 23.8 Å². The summed E-state index contributed by atoms with van der Waals surface area (Å²) in [6, 6.07) is 5.51. The number of amides is 1. The van der Waals surface area contributed by atoms with Crippen molar-refractivity contribution in [1.82, 2.24) is 4.90 Å². The van der Waals surface area contributed by atoms with Crippen molar-refractivity contribution < 1.29 is 14.3 Å². The first-order valence-electron chi connectivity index (χ1n) is 7.43. The molecule has 0 saturated carbocycles. The highest BCUT2D eigenvalue weighted by Crippen LogP contribution is 2.31. The second-order valence-corrected chi connectivity index (χ2v) is 5.69. The fraction of sp³-hybridized carbons (Fsp3) is 0.562. The van der Waals surface area contributed by atoms with E-state index in [1.807, 2.05) is 23.1 Å². The van der Waals surface area contributed by atoms with E-state index in [0.29, 0.717) is 24.5 Å². The number of benzene rings is 1. The summed E-state index contributed by atoms with van der Waals surface area (Å²) in [7, 11) is 0. The Labute approximate surface area is 119 Å². The molecule has 1 fully saturated rings. The summed E-state index contributed by atoms with van der Waals surface area (Å²) in [5.74, 6) is 2.26. The minimum absolute atomic E-state index is 0.104. The average Bonchev–Trinajstić information content (AvgIpc) is 2.71. The number of hydrogen-bond donors (Lipinski definition) is 0. The molecule has 1 aromatic rings. The van der Waals surface area contributed by atoms with Gasteiger partial charge in [0.1, 0.15) is 0 Å². The van der Waals surface area contributed by atoms with Crippen molar-refractivity contribution in [2.45, 2.75) is 26.2 Å². The van der Waals surface area contributed by atoms with E-state index in [4.69, 9.17) is 9.47 Å². The Hall–Kier alpha value is -1.71. The maximum absolute atomic E-state index is 12.5. The summed E-state index contributed by atoms with van der Waals surface area (Å²) in [6.45, 7) is 5.27. The van der Waals surface area contributed by atoms with Gasteiger partial charge in [0.25, 0.3) is 5.91 Å². The van der Waals surface area contributed by atoms with Gasteiger partial charge < -0.3 is 14.4 Å². The number of piperidine rings is 1. The predicted molar refractivity (Wildman–Crippen MR) is 76.4 cm³/mol. The van der Waals surface area contributed by atoms with Crippen LogP contribution in [0.15, 0.2) is 18.2 Å². The lowest BCUT2D eigenvalue weighted by Crippen LogP contribution is -2.37. The van der Waals surface area contributed by atoms with Crippen LogP contribution in [-0.2, 0) is 0 Å². The third-order valence-electron chi connectivity index (χ3n) is 4.07. The Balaban J connectivity index is 1.76. The Kier molecular flexibility index (Phi) is 3.81. The molecule has 108 valence electrons. The van der Waals surface area contributed by atoms with E-state index in [1.165, 1.54) is 0 Å². The van der Waals surface area contributed by atoms with E-state index in [0.717, 1.165) is 44.0 Å². The van der Waals surface area contributed by atoms with E-state index in [2.05, 4.69) is 6.92 Å². The summed E-state index contributed by atoms with van der Waals surface area (Å²) in [5.41, 5.74) is 0.698. The maximum atomic E-state index is 12.5. The zero-order valence-corrected chi connectivity index (χ0v) is 11.9. The second kappa shape index (κ2) is 5.73. The third-order valence-corrected chi connectivity index (χ3v) is 4.07. The van der Waals surface area contributed by atoms with Crippen molar-refractivity contribution in [2.24, 2.45) is 5.92 Å². The summed E-state index contributed by atoms with van der Waals surface area (Å²) >= 11 is 0. The number of carbonyl (C=O) groups is 1. The zero-order valence-electron chi connectivity index (χ0n) is 11.9. The van der Waals surface area contributed by atoms with Crippen LogP contribution < -0.4 is 9.47 Å². The van der Waals surface area contributed by atoms with Crippen LogP contribution >= 0.6 is 0 Å². The first-order valence-corrected chi connectivity index (χ1v) is 7.43. The van der Waals surface area contributed by atoms with Gasteiger partial charge in [0.2, 0.25) is 0 Å². The summed E-state index contributed by atoms with van der Waals surface area (Å²) in [6.07, 6.45) is 3.06. The number of rotatable bonds is 1. The first-order chi connectivity index (χ1) is 9.74. The number of carbonyl (C=O) groups excluding carboxylic acids is 1. The molecule has 1 aromatic carbocycles. The van der Waals surface area contributed by atoms with Crippen LogP contribution in [0.3, 0.4) is 0 Å². The van der Waals surface area contributed by atoms with E-state index in [1.54, 1.807) is 0 Å². The topological polar surface area (TPSA) is 38.8 Å². The number of hydrogen-bond acceptors (Lipinski definition) is 3. The zero-order chi connectivity index (χ0) is 13.9. The SMILES string of the molecule is CC1CCN(C(=O)c2ccc3c(c2)OCCCO3)CC1. The van der Waals surface area contributed by atoms with Gasteiger partial charge in [-0.3, -0.25) is 4.79 Å². The van der Waals surface area contributed by atoms with Crippen LogP contribution in [0.1, 0.15) is 36.5 Å². The van der Waals surface area contributed by atoms with Crippen LogP contribution in [0.5, 0.6) is 11.5 Å². The molecule has 0 aromatic heterocycles. The van der Waals surface area contributed by atoms with Gasteiger partial charge in [0, 0.05) is 25.1 Å². The molecule has 1 saturated heterocycles. The molecule has 4 heteroatoms. The molecule has 20 heavy (non-hydrogen) atoms. The smallest absolute Gasteiger partial charge is 0.253 e. The van der Waals surface area contributed by atoms with Gasteiger partial charge in [-0.05, 0) is 37.0 Å². The van der Waals surface area contributed by atoms with Gasteiger partial charge in [-0.25, -0.2) is 0 Å². The fourth-order valence-electron chi connectivity index (χ4n) is 2.69. The summed E-state index contributed by atoms with van der Waals surface area (Å²) in [4.78, 5) is 14.5. The molecule has 2 heterocycles. The molecular weight excluding hydrogens is 254 g/mol. The van der Waals surface area contributed by atoms with Crippen LogP contribution in [0.2, 0.25) is 0 Å². The molecule has 2 aliphatic heterocycles. The van der Waals surface area contributed by atoms with Crippen LogP contribution in [0, 0.1) is 5.92 Å². The minimum Gasteiger partial charge on any atom is -0.490 e. The molecule has 0 spiro atoms. The molecule has 0 unspecified atom stereocenters. The van der Waals surface area contributed by atoms with E-state index >= 15 is 0 Å². The number of fused-ring (bicyclic) bond motifs is 1. The molecule has 0 N–H and O–H groups in total. The van der Waals surface area contributed by atoms with Crippen LogP contribution in [-0.4, -0.2) is 37.1 Å². The normalized spacial score (nSPS) is 19.6. The Morgan fingerprint density at radius 2 is 1.85 bits per heavy atom. The van der Waals surface area contributed by atoms with E-state index in [9.17, 15) is 4.79 Å². The second-order valence-electron chi connectivity index (χ2n) is 5.69. The molecule has 0 atom stereocenters. The summed E-state index contributed by atoms with van der Waals surface area (Å²) < 4.78 is 11.2.